The van der Waals surface area contributed by atoms with Crippen molar-refractivity contribution in [2.24, 2.45) is 5.92 Å². The van der Waals surface area contributed by atoms with Crippen LogP contribution in [0.5, 0.6) is 0 Å². The van der Waals surface area contributed by atoms with Gasteiger partial charge in [0.25, 0.3) is 11.8 Å². The highest BCUT2D eigenvalue weighted by atomic mass is 32.1. The molecule has 0 spiro atoms. The zero-order valence-corrected chi connectivity index (χ0v) is 18.1. The molecule has 1 fully saturated rings. The molecular weight excluding hydrogens is 425 g/mol. The quantitative estimate of drug-likeness (QED) is 0.227. The fourth-order valence-electron chi connectivity index (χ4n) is 3.40. The monoisotopic (exact) mass is 451 g/mol. The van der Waals surface area contributed by atoms with Gasteiger partial charge in [-0.3, -0.25) is 23.5 Å². The van der Waals surface area contributed by atoms with Gasteiger partial charge in [0.2, 0.25) is 0 Å². The minimum absolute atomic E-state index is 0.171. The van der Waals surface area contributed by atoms with Crippen LogP contribution in [0.15, 0.2) is 12.2 Å². The molecule has 0 saturated heterocycles. The number of phosphoric ester groups is 1. The van der Waals surface area contributed by atoms with Gasteiger partial charge < -0.3 is 25.0 Å². The van der Waals surface area contributed by atoms with Crippen molar-refractivity contribution in [3.63, 3.8) is 0 Å². The van der Waals surface area contributed by atoms with Crippen LogP contribution in [-0.4, -0.2) is 86.0 Å². The SMILES string of the molecule is COC[C@H]1C[C@H](NC(=S)NCCN2C(=O)C=CC2=O)[C@@H](OC)C1OP(=O)(O)OC. The number of phosphoric acid groups is 1. The molecule has 13 heteroatoms. The average Bonchev–Trinajstić information content (AvgIpc) is 3.15. The fourth-order valence-corrected chi connectivity index (χ4v) is 4.34. The Morgan fingerprint density at radius 3 is 2.48 bits per heavy atom. The van der Waals surface area contributed by atoms with Gasteiger partial charge in [-0.15, -0.1) is 0 Å². The smallest absolute Gasteiger partial charge is 0.384 e. The highest BCUT2D eigenvalue weighted by Gasteiger charge is 2.48. The predicted molar refractivity (Wildman–Crippen MR) is 106 cm³/mol. The number of methoxy groups -OCH3 is 2. The van der Waals surface area contributed by atoms with Gasteiger partial charge in [0, 0.05) is 52.5 Å². The number of carbonyl (C=O) groups is 2. The number of ether oxygens (including phenoxy) is 2. The third-order valence-corrected chi connectivity index (χ3v) is 5.95. The van der Waals surface area contributed by atoms with E-state index in [1.807, 2.05) is 0 Å². The number of imide groups is 1. The second kappa shape index (κ2) is 10.6. The number of rotatable bonds is 10. The molecule has 0 aromatic carbocycles. The van der Waals surface area contributed by atoms with Crippen molar-refractivity contribution in [3.8, 4) is 0 Å². The van der Waals surface area contributed by atoms with Gasteiger partial charge in [0.05, 0.1) is 12.6 Å². The molecule has 0 aromatic rings. The molecule has 3 N–H and O–H groups in total. The molecule has 164 valence electrons. The summed E-state index contributed by atoms with van der Waals surface area (Å²) in [6.45, 7) is 0.732. The van der Waals surface area contributed by atoms with Crippen molar-refractivity contribution < 1.29 is 37.6 Å². The zero-order valence-electron chi connectivity index (χ0n) is 16.4. The molecule has 1 saturated carbocycles. The van der Waals surface area contributed by atoms with Gasteiger partial charge >= 0.3 is 7.82 Å². The summed E-state index contributed by atoms with van der Waals surface area (Å²) in [6, 6.07) is -0.321. The summed E-state index contributed by atoms with van der Waals surface area (Å²) in [5.41, 5.74) is 0. The van der Waals surface area contributed by atoms with Crippen LogP contribution in [0.2, 0.25) is 0 Å². The molecule has 29 heavy (non-hydrogen) atoms. The molecule has 5 atom stereocenters. The largest absolute Gasteiger partial charge is 0.472 e. The minimum atomic E-state index is -4.22. The maximum atomic E-state index is 11.9. The lowest BCUT2D eigenvalue weighted by Gasteiger charge is -2.27. The van der Waals surface area contributed by atoms with Crippen LogP contribution in [0, 0.1) is 5.92 Å². The molecular formula is C16H26N3O8PS. The van der Waals surface area contributed by atoms with Gasteiger partial charge in [0.1, 0.15) is 12.2 Å². The van der Waals surface area contributed by atoms with Gasteiger partial charge in [-0.1, -0.05) is 0 Å². The van der Waals surface area contributed by atoms with Crippen molar-refractivity contribution in [2.45, 2.75) is 24.7 Å². The van der Waals surface area contributed by atoms with Crippen LogP contribution >= 0.6 is 20.0 Å². The first-order valence-corrected chi connectivity index (χ1v) is 10.8. The Kier molecular flexibility index (Phi) is 8.71. The number of carbonyl (C=O) groups excluding carboxylic acids is 2. The maximum Gasteiger partial charge on any atom is 0.472 e. The van der Waals surface area contributed by atoms with E-state index in [0.717, 1.165) is 12.0 Å². The second-order valence-corrected chi connectivity index (χ2v) is 8.46. The lowest BCUT2D eigenvalue weighted by atomic mass is 10.1. The molecule has 1 aliphatic carbocycles. The molecule has 0 bridgehead atoms. The van der Waals surface area contributed by atoms with E-state index in [-0.39, 0.29) is 36.9 Å². The number of nitrogens with one attached hydrogen (secondary N) is 2. The average molecular weight is 451 g/mol. The summed E-state index contributed by atoms with van der Waals surface area (Å²) < 4.78 is 32.4. The van der Waals surface area contributed by atoms with E-state index in [0.29, 0.717) is 18.1 Å². The van der Waals surface area contributed by atoms with Gasteiger partial charge in [-0.05, 0) is 18.6 Å². The lowest BCUT2D eigenvalue weighted by Crippen LogP contribution is -2.49. The van der Waals surface area contributed by atoms with E-state index >= 15 is 0 Å². The Morgan fingerprint density at radius 2 is 1.93 bits per heavy atom. The second-order valence-electron chi connectivity index (χ2n) is 6.54. The highest BCUT2D eigenvalue weighted by molar-refractivity contribution is 7.80. The first kappa shape index (κ1) is 23.9. The Labute approximate surface area is 174 Å². The molecule has 0 aromatic heterocycles. The molecule has 0 radical (unpaired) electrons. The van der Waals surface area contributed by atoms with Crippen molar-refractivity contribution >= 4 is 37.0 Å². The van der Waals surface area contributed by atoms with Crippen LogP contribution in [-0.2, 0) is 32.7 Å². The maximum absolute atomic E-state index is 11.9. The third-order valence-electron chi connectivity index (χ3n) is 4.72. The van der Waals surface area contributed by atoms with Gasteiger partial charge in [-0.2, -0.15) is 0 Å². The van der Waals surface area contributed by atoms with Gasteiger partial charge in [-0.25, -0.2) is 4.57 Å². The molecule has 2 amide bonds. The summed E-state index contributed by atoms with van der Waals surface area (Å²) >= 11 is 5.28. The first-order chi connectivity index (χ1) is 13.7. The van der Waals surface area contributed by atoms with Crippen molar-refractivity contribution in [2.75, 3.05) is 41.0 Å². The van der Waals surface area contributed by atoms with Crippen LogP contribution in [0.1, 0.15) is 6.42 Å². The fraction of sp³-hybridized carbons (Fsp3) is 0.688. The molecule has 2 rings (SSSR count). The number of thiocarbonyl (C=S) groups is 1. The number of nitrogens with zero attached hydrogens (tertiary/aromatic N) is 1. The summed E-state index contributed by atoms with van der Waals surface area (Å²) in [5, 5.41) is 6.32. The van der Waals surface area contributed by atoms with E-state index < -0.39 is 20.0 Å². The minimum Gasteiger partial charge on any atom is -0.384 e. The van der Waals surface area contributed by atoms with E-state index in [4.69, 9.17) is 26.2 Å². The molecule has 11 nitrogen and oxygen atoms in total. The third kappa shape index (κ3) is 6.29. The van der Waals surface area contributed by atoms with Crippen LogP contribution < -0.4 is 10.6 Å². The van der Waals surface area contributed by atoms with Crippen LogP contribution in [0.4, 0.5) is 0 Å². The molecule has 1 heterocycles. The normalized spacial score (nSPS) is 28.6. The topological polar surface area (TPSA) is 136 Å². The Morgan fingerprint density at radius 1 is 1.28 bits per heavy atom. The number of amides is 2. The van der Waals surface area contributed by atoms with Gasteiger partial charge in [0.15, 0.2) is 5.11 Å². The Balaban J connectivity index is 1.92. The summed E-state index contributed by atoms with van der Waals surface area (Å²) in [5.74, 6) is -0.952. The standard InChI is InChI=1S/C16H26N3O8PS/c1-24-9-10-8-11(15(25-2)14(10)27-28(22,23)26-3)18-16(29)17-6-7-19-12(20)4-5-13(19)21/h4-5,10-11,14-15H,6-9H2,1-3H3,(H,22,23)(H2,17,18,29)/t10-,11+,14?,15-/m1/s1. The molecule has 1 aliphatic heterocycles. The summed E-state index contributed by atoms with van der Waals surface area (Å²) in [4.78, 5) is 33.9. The highest BCUT2D eigenvalue weighted by Crippen LogP contribution is 2.48. The molecule has 2 aliphatic rings. The molecule has 2 unspecified atom stereocenters. The zero-order chi connectivity index (χ0) is 21.6. The van der Waals surface area contributed by atoms with Crippen LogP contribution in [0.25, 0.3) is 0 Å². The predicted octanol–water partition coefficient (Wildman–Crippen LogP) is -0.443. The Bertz CT molecular complexity index is 688. The summed E-state index contributed by atoms with van der Waals surface area (Å²) in [7, 11) is -0.147. The van der Waals surface area contributed by atoms with E-state index in [9.17, 15) is 19.0 Å². The van der Waals surface area contributed by atoms with Crippen molar-refractivity contribution in [1.82, 2.24) is 15.5 Å². The van der Waals surface area contributed by atoms with Crippen molar-refractivity contribution in [1.29, 1.82) is 0 Å². The number of hydrogen-bond acceptors (Lipinski definition) is 8. The van der Waals surface area contributed by atoms with E-state index in [2.05, 4.69) is 15.2 Å². The number of hydrogen-bond donors (Lipinski definition) is 3. The van der Waals surface area contributed by atoms with E-state index in [1.165, 1.54) is 26.4 Å². The van der Waals surface area contributed by atoms with Crippen molar-refractivity contribution in [3.05, 3.63) is 12.2 Å². The lowest BCUT2D eigenvalue weighted by molar-refractivity contribution is -0.136. The Hall–Kier alpha value is -1.40. The van der Waals surface area contributed by atoms with E-state index in [1.54, 1.807) is 0 Å². The first-order valence-electron chi connectivity index (χ1n) is 8.89. The summed E-state index contributed by atoms with van der Waals surface area (Å²) in [6.07, 6.45) is 1.61. The van der Waals surface area contributed by atoms with Crippen LogP contribution in [0.3, 0.4) is 0 Å².